The number of methoxy groups -OCH3 is 1. The van der Waals surface area contributed by atoms with Gasteiger partial charge in [0.2, 0.25) is 5.91 Å². The first-order chi connectivity index (χ1) is 33.3. The number of halogens is 3. The van der Waals surface area contributed by atoms with Crippen LogP contribution in [0.15, 0.2) is 23.6 Å². The molecule has 1 N–H and O–H groups in total. The van der Waals surface area contributed by atoms with Gasteiger partial charge in [-0.05, 0) is 95.6 Å². The molecule has 3 aromatic rings. The molecule has 0 spiro atoms. The summed E-state index contributed by atoms with van der Waals surface area (Å²) in [6.07, 6.45) is 1.41. The first kappa shape index (κ1) is 52.5. The number of esters is 2. The standard InChI is InChI=1S/C52H68ClF2N5O10S/c1-11-30-20-51(30,46(64)66-10)22-39(61)38-17-33(23-59(38)45(63)35(49(4,5)6)18-42(62)69-32-15-28-14-29(28)16-32)68-41-19-36(37-25-71-47(58-37)56-27(2)3)57-44-34(41)12-13-40(43(44)53)67-24-31-21-52(54,55)26-60(31)48(65)70-50(7,8)9/h12-13,19,25,27-33,35,38H,11,14-18,20-24,26H2,1-10H3,(H,56,58)/t28-,29+,30-,31+,32?,33-,35-,38+,51-/m1/s1. The van der Waals surface area contributed by atoms with Crippen LogP contribution in [0.25, 0.3) is 22.3 Å². The molecule has 2 saturated heterocycles. The van der Waals surface area contributed by atoms with Gasteiger partial charge in [0.05, 0.1) is 61.2 Å². The fourth-order valence-corrected chi connectivity index (χ4v) is 12.0. The van der Waals surface area contributed by atoms with Crippen molar-refractivity contribution in [2.24, 2.45) is 34.5 Å². The molecule has 1 aromatic carbocycles. The van der Waals surface area contributed by atoms with Crippen molar-refractivity contribution < 1.29 is 56.4 Å². The molecular formula is C52H68ClF2N5O10S. The second-order valence-corrected chi connectivity index (χ2v) is 24.0. The molecule has 0 bridgehead atoms. The van der Waals surface area contributed by atoms with Crippen molar-refractivity contribution in [3.8, 4) is 22.9 Å². The van der Waals surface area contributed by atoms with Gasteiger partial charge < -0.3 is 33.9 Å². The second kappa shape index (κ2) is 19.9. The van der Waals surface area contributed by atoms with E-state index in [-0.39, 0.29) is 78.5 Å². The van der Waals surface area contributed by atoms with Gasteiger partial charge >= 0.3 is 18.0 Å². The van der Waals surface area contributed by atoms with Crippen molar-refractivity contribution >= 4 is 68.7 Å². The Kier molecular flexibility index (Phi) is 14.7. The number of nitrogens with one attached hydrogen (secondary N) is 1. The van der Waals surface area contributed by atoms with Crippen LogP contribution in [-0.2, 0) is 33.4 Å². The third-order valence-corrected chi connectivity index (χ3v) is 15.8. The van der Waals surface area contributed by atoms with Gasteiger partial charge in [-0.1, -0.05) is 45.7 Å². The van der Waals surface area contributed by atoms with E-state index in [2.05, 4.69) is 5.32 Å². The minimum atomic E-state index is -3.16. The van der Waals surface area contributed by atoms with E-state index >= 15 is 4.79 Å². The lowest BCUT2D eigenvalue weighted by Crippen LogP contribution is -2.48. The number of carbonyl (C=O) groups excluding carboxylic acids is 5. The van der Waals surface area contributed by atoms with Crippen LogP contribution < -0.4 is 14.8 Å². The smallest absolute Gasteiger partial charge is 0.410 e. The SMILES string of the molecule is CC[C@@H]1C[C@]1(CC(=O)[C@@H]1C[C@@H](Oc2cc(-c3csc(NC(C)C)n3)nc3c(Cl)c(OC[C@@H]4CC(F)(F)CN4C(=O)OC(C)(C)C)ccc23)CN1C(=O)[C@@H](CC(=O)OC1C[C@@H]2C[C@@H]2C1)C(C)(C)C)C(=O)OC. The lowest BCUT2D eigenvalue weighted by atomic mass is 9.77. The van der Waals surface area contributed by atoms with Gasteiger partial charge in [-0.2, -0.15) is 0 Å². The molecule has 3 aliphatic carbocycles. The number of nitrogens with zero attached hydrogens (tertiary/aromatic N) is 4. The summed E-state index contributed by atoms with van der Waals surface area (Å²) in [6.45, 7) is 15.5. The van der Waals surface area contributed by atoms with Crippen LogP contribution in [0.1, 0.15) is 120 Å². The first-order valence-corrected chi connectivity index (χ1v) is 26.2. The molecule has 9 atom stereocenters. The Morgan fingerprint density at radius 2 is 1.66 bits per heavy atom. The Morgan fingerprint density at radius 3 is 2.30 bits per heavy atom. The molecule has 4 heterocycles. The number of thiazole rings is 1. The van der Waals surface area contributed by atoms with Gasteiger partial charge in [-0.3, -0.25) is 24.1 Å². The highest BCUT2D eigenvalue weighted by molar-refractivity contribution is 7.14. The number of hydrogen-bond donors (Lipinski definition) is 1. The van der Waals surface area contributed by atoms with Gasteiger partial charge in [0, 0.05) is 42.1 Å². The second-order valence-electron chi connectivity index (χ2n) is 22.8. The molecule has 71 heavy (non-hydrogen) atoms. The molecule has 19 heteroatoms. The number of ketones is 1. The van der Waals surface area contributed by atoms with E-state index in [9.17, 15) is 28.0 Å². The number of likely N-dealkylation sites (tertiary alicyclic amines) is 2. The van der Waals surface area contributed by atoms with Crippen molar-refractivity contribution in [2.45, 2.75) is 162 Å². The summed E-state index contributed by atoms with van der Waals surface area (Å²) in [5, 5.41) is 6.29. The molecule has 388 valence electrons. The predicted molar refractivity (Wildman–Crippen MR) is 264 cm³/mol. The normalized spacial score (nSPS) is 27.0. The molecule has 5 fully saturated rings. The van der Waals surface area contributed by atoms with E-state index in [1.807, 2.05) is 46.9 Å². The maximum absolute atomic E-state index is 15.0. The van der Waals surface area contributed by atoms with Gasteiger partial charge in [0.25, 0.3) is 5.92 Å². The van der Waals surface area contributed by atoms with Gasteiger partial charge in [0.1, 0.15) is 46.6 Å². The first-order valence-electron chi connectivity index (χ1n) is 24.9. The highest BCUT2D eigenvalue weighted by Crippen LogP contribution is 2.58. The summed E-state index contributed by atoms with van der Waals surface area (Å²) >= 11 is 8.51. The topological polar surface area (TPSA) is 176 Å². The zero-order valence-electron chi connectivity index (χ0n) is 42.4. The Bertz CT molecular complexity index is 2540. The zero-order chi connectivity index (χ0) is 51.5. The molecule has 15 nitrogen and oxygen atoms in total. The Morgan fingerprint density at radius 1 is 0.944 bits per heavy atom. The molecule has 2 amide bonds. The van der Waals surface area contributed by atoms with E-state index < -0.39 is 77.5 Å². The van der Waals surface area contributed by atoms with Crippen LogP contribution in [0.3, 0.4) is 0 Å². The summed E-state index contributed by atoms with van der Waals surface area (Å²) in [6, 6.07) is 3.05. The van der Waals surface area contributed by atoms with Crippen molar-refractivity contribution in [3.63, 3.8) is 0 Å². The van der Waals surface area contributed by atoms with Crippen molar-refractivity contribution in [2.75, 3.05) is 32.1 Å². The molecule has 8 rings (SSSR count). The Labute approximate surface area is 423 Å². The fourth-order valence-electron chi connectivity index (χ4n) is 10.8. The summed E-state index contributed by atoms with van der Waals surface area (Å²) in [5.41, 5.74) is -1.46. The molecule has 3 saturated carbocycles. The van der Waals surface area contributed by atoms with E-state index in [4.69, 9.17) is 45.3 Å². The largest absolute Gasteiger partial charge is 0.490 e. The van der Waals surface area contributed by atoms with E-state index in [0.29, 0.717) is 52.3 Å². The summed E-state index contributed by atoms with van der Waals surface area (Å²) < 4.78 is 59.2. The highest BCUT2D eigenvalue weighted by Gasteiger charge is 2.62. The quantitative estimate of drug-likeness (QED) is 0.1000. The number of anilines is 1. The zero-order valence-corrected chi connectivity index (χ0v) is 44.0. The third kappa shape index (κ3) is 11.7. The number of pyridine rings is 1. The Balaban J connectivity index is 1.11. The number of amides is 2. The van der Waals surface area contributed by atoms with Crippen LogP contribution in [0.5, 0.6) is 11.5 Å². The van der Waals surface area contributed by atoms with Crippen molar-refractivity contribution in [1.29, 1.82) is 0 Å². The third-order valence-electron chi connectivity index (χ3n) is 14.7. The summed E-state index contributed by atoms with van der Waals surface area (Å²) in [5.74, 6) is -3.97. The lowest BCUT2D eigenvalue weighted by molar-refractivity contribution is -0.157. The minimum Gasteiger partial charge on any atom is -0.490 e. The predicted octanol–water partition coefficient (Wildman–Crippen LogP) is 10.1. The fraction of sp³-hybridized carbons (Fsp3) is 0.673. The van der Waals surface area contributed by atoms with Gasteiger partial charge in [-0.15, -0.1) is 11.3 Å². The molecule has 2 aliphatic heterocycles. The van der Waals surface area contributed by atoms with E-state index in [0.717, 1.165) is 17.7 Å². The number of rotatable bonds is 17. The Hall–Kier alpha value is -4.84. The minimum absolute atomic E-state index is 0.0152. The molecule has 1 unspecified atom stereocenters. The number of aromatic nitrogens is 2. The number of hydrogen-bond acceptors (Lipinski definition) is 14. The number of benzene rings is 1. The van der Waals surface area contributed by atoms with Gasteiger partial charge in [0.15, 0.2) is 10.9 Å². The average Bonchev–Trinajstić information content (AvgIpc) is 3.82. The van der Waals surface area contributed by atoms with Crippen LogP contribution in [0.2, 0.25) is 5.02 Å². The summed E-state index contributed by atoms with van der Waals surface area (Å²) in [4.78, 5) is 81.8. The number of carbonyl (C=O) groups is 5. The summed E-state index contributed by atoms with van der Waals surface area (Å²) in [7, 11) is 1.31. The van der Waals surface area contributed by atoms with Crippen LogP contribution in [0, 0.1) is 34.5 Å². The van der Waals surface area contributed by atoms with Crippen molar-refractivity contribution in [1.82, 2.24) is 19.8 Å². The van der Waals surface area contributed by atoms with Crippen LogP contribution in [-0.4, -0.2) is 118 Å². The average molecular weight is 1030 g/mol. The number of ether oxygens (including phenoxy) is 5. The van der Waals surface area contributed by atoms with Crippen LogP contribution >= 0.6 is 22.9 Å². The monoisotopic (exact) mass is 1030 g/mol. The van der Waals surface area contributed by atoms with E-state index in [1.54, 1.807) is 39.0 Å². The maximum Gasteiger partial charge on any atom is 0.410 e. The molecule has 2 aromatic heterocycles. The van der Waals surface area contributed by atoms with Gasteiger partial charge in [-0.25, -0.2) is 23.5 Å². The molecule has 5 aliphatic rings. The molecular weight excluding hydrogens is 960 g/mol. The molecule has 0 radical (unpaired) electrons. The van der Waals surface area contributed by atoms with E-state index in [1.165, 1.54) is 29.8 Å². The maximum atomic E-state index is 15.0. The number of fused-ring (bicyclic) bond motifs is 2. The van der Waals surface area contributed by atoms with Crippen molar-refractivity contribution in [3.05, 3.63) is 28.6 Å². The number of Topliss-reactive ketones (excluding diaryl/α,β-unsaturated/α-hetero) is 1. The number of alkyl halides is 2. The van der Waals surface area contributed by atoms with Crippen LogP contribution in [0.4, 0.5) is 18.7 Å². The lowest BCUT2D eigenvalue weighted by Gasteiger charge is -2.35. The highest BCUT2D eigenvalue weighted by atomic mass is 35.5.